The summed E-state index contributed by atoms with van der Waals surface area (Å²) in [4.78, 5) is 11.8. The molecule has 2 unspecified atom stereocenters. The van der Waals surface area contributed by atoms with Gasteiger partial charge in [-0.3, -0.25) is 4.79 Å². The van der Waals surface area contributed by atoms with Crippen LogP contribution in [-0.2, 0) is 20.8 Å². The van der Waals surface area contributed by atoms with E-state index in [1.807, 2.05) is 6.07 Å². The number of nitrogens with one attached hydrogen (secondary N) is 1. The predicted octanol–water partition coefficient (Wildman–Crippen LogP) is 1.99. The van der Waals surface area contributed by atoms with Gasteiger partial charge in [-0.25, -0.2) is 0 Å². The molecular formula is C17H23NO3. The number of hydrogen-bond acceptors (Lipinski definition) is 4. The van der Waals surface area contributed by atoms with E-state index in [-0.39, 0.29) is 11.9 Å². The highest BCUT2D eigenvalue weighted by Crippen LogP contribution is 2.38. The highest BCUT2D eigenvalue weighted by atomic mass is 16.5. The molecule has 0 aromatic heterocycles. The van der Waals surface area contributed by atoms with Crippen LogP contribution in [0.4, 0.5) is 0 Å². The van der Waals surface area contributed by atoms with Crippen LogP contribution < -0.4 is 5.32 Å². The maximum Gasteiger partial charge on any atom is 0.308 e. The van der Waals surface area contributed by atoms with Crippen molar-refractivity contribution in [3.05, 3.63) is 35.9 Å². The molecule has 2 aliphatic rings. The van der Waals surface area contributed by atoms with Crippen molar-refractivity contribution in [1.29, 1.82) is 0 Å². The van der Waals surface area contributed by atoms with E-state index in [9.17, 15) is 4.79 Å². The molecule has 1 aromatic rings. The van der Waals surface area contributed by atoms with Crippen molar-refractivity contribution in [3.63, 3.8) is 0 Å². The van der Waals surface area contributed by atoms with Gasteiger partial charge in [-0.2, -0.15) is 0 Å². The fraction of sp³-hybridized carbons (Fsp3) is 0.588. The lowest BCUT2D eigenvalue weighted by molar-refractivity contribution is -0.151. The molecule has 3 rings (SSSR count). The van der Waals surface area contributed by atoms with Crippen molar-refractivity contribution in [1.82, 2.24) is 5.32 Å². The summed E-state index contributed by atoms with van der Waals surface area (Å²) in [6.45, 7) is 2.37. The number of rotatable bonds is 4. The van der Waals surface area contributed by atoms with Crippen LogP contribution in [-0.4, -0.2) is 32.3 Å². The number of methoxy groups -OCH3 is 1. The minimum atomic E-state index is -0.0617. The van der Waals surface area contributed by atoms with Gasteiger partial charge in [0.1, 0.15) is 0 Å². The van der Waals surface area contributed by atoms with E-state index in [0.717, 1.165) is 32.6 Å². The van der Waals surface area contributed by atoms with Crippen LogP contribution in [0.15, 0.2) is 30.3 Å². The van der Waals surface area contributed by atoms with Crippen molar-refractivity contribution >= 4 is 5.97 Å². The normalized spacial score (nSPS) is 31.7. The number of carbonyl (C=O) groups is 1. The van der Waals surface area contributed by atoms with Crippen LogP contribution in [0.2, 0.25) is 0 Å². The summed E-state index contributed by atoms with van der Waals surface area (Å²) >= 11 is 0. The summed E-state index contributed by atoms with van der Waals surface area (Å²) in [5.41, 5.74) is 1.30. The molecule has 1 N–H and O–H groups in total. The Bertz CT molecular complexity index is 462. The minimum absolute atomic E-state index is 0.0451. The monoisotopic (exact) mass is 289 g/mol. The third-order valence-corrected chi connectivity index (χ3v) is 4.77. The smallest absolute Gasteiger partial charge is 0.308 e. The summed E-state index contributed by atoms with van der Waals surface area (Å²) in [5.74, 6) is 0.799. The fourth-order valence-electron chi connectivity index (χ4n) is 3.74. The summed E-state index contributed by atoms with van der Waals surface area (Å²) in [5, 5.41) is 3.69. The molecule has 0 radical (unpaired) electrons. The molecule has 4 nitrogen and oxygen atoms in total. The van der Waals surface area contributed by atoms with E-state index in [2.05, 4.69) is 29.6 Å². The quantitative estimate of drug-likeness (QED) is 0.861. The van der Waals surface area contributed by atoms with Crippen molar-refractivity contribution in [3.8, 4) is 0 Å². The number of ether oxygens (including phenoxy) is 2. The van der Waals surface area contributed by atoms with E-state index >= 15 is 0 Å². The number of benzene rings is 1. The molecule has 2 fully saturated rings. The van der Waals surface area contributed by atoms with Crippen molar-refractivity contribution in [2.45, 2.75) is 25.4 Å². The first kappa shape index (κ1) is 14.5. The summed E-state index contributed by atoms with van der Waals surface area (Å²) in [6, 6.07) is 10.9. The van der Waals surface area contributed by atoms with Gasteiger partial charge in [-0.05, 0) is 30.2 Å². The first-order valence-electron chi connectivity index (χ1n) is 7.71. The molecule has 4 heteroatoms. The lowest BCUT2D eigenvalue weighted by Gasteiger charge is -2.45. The van der Waals surface area contributed by atoms with Gasteiger partial charge < -0.3 is 14.8 Å². The average molecular weight is 289 g/mol. The number of fused-ring (bicyclic) bond motifs is 2. The van der Waals surface area contributed by atoms with E-state index < -0.39 is 0 Å². The molecular weight excluding hydrogens is 266 g/mol. The third-order valence-electron chi connectivity index (χ3n) is 4.77. The second-order valence-electron chi connectivity index (χ2n) is 6.14. The Hall–Kier alpha value is -1.39. The Morgan fingerprint density at radius 1 is 1.24 bits per heavy atom. The molecule has 1 aliphatic heterocycles. The number of carbonyl (C=O) groups excluding carboxylic acids is 1. The Kier molecular flexibility index (Phi) is 4.56. The summed E-state index contributed by atoms with van der Waals surface area (Å²) < 4.78 is 10.6. The van der Waals surface area contributed by atoms with Gasteiger partial charge in [-0.15, -0.1) is 0 Å². The molecule has 0 spiro atoms. The van der Waals surface area contributed by atoms with Gasteiger partial charge in [0.15, 0.2) is 0 Å². The molecule has 21 heavy (non-hydrogen) atoms. The number of hydrogen-bond donors (Lipinski definition) is 1. The van der Waals surface area contributed by atoms with Crippen molar-refractivity contribution in [2.75, 3.05) is 20.3 Å². The standard InChI is InChI=1S/C17H23NO3/c1-20-17(19)13-7-14-10-21-11-15(8-13)16(14)18-9-12-5-3-2-4-6-12/h2-6,13-16,18H,7-11H2,1H3/t13?,14-,15+,16?. The van der Waals surface area contributed by atoms with Gasteiger partial charge in [0.25, 0.3) is 0 Å². The van der Waals surface area contributed by atoms with Gasteiger partial charge in [0.05, 0.1) is 26.2 Å². The molecule has 114 valence electrons. The molecule has 1 aliphatic carbocycles. The third kappa shape index (κ3) is 3.27. The second kappa shape index (κ2) is 6.58. The minimum Gasteiger partial charge on any atom is -0.469 e. The Morgan fingerprint density at radius 3 is 2.52 bits per heavy atom. The Morgan fingerprint density at radius 2 is 1.90 bits per heavy atom. The maximum absolute atomic E-state index is 11.8. The number of esters is 1. The summed E-state index contributed by atoms with van der Waals surface area (Å²) in [6.07, 6.45) is 1.74. The molecule has 2 bridgehead atoms. The van der Waals surface area contributed by atoms with Crippen LogP contribution in [0, 0.1) is 17.8 Å². The topological polar surface area (TPSA) is 47.6 Å². The van der Waals surface area contributed by atoms with Gasteiger partial charge in [0.2, 0.25) is 0 Å². The van der Waals surface area contributed by atoms with Crippen LogP contribution in [0.25, 0.3) is 0 Å². The first-order valence-corrected chi connectivity index (χ1v) is 7.71. The Balaban J connectivity index is 1.62. The molecule has 1 aromatic carbocycles. The first-order chi connectivity index (χ1) is 10.3. The van der Waals surface area contributed by atoms with Crippen LogP contribution in [0.5, 0.6) is 0 Å². The largest absolute Gasteiger partial charge is 0.469 e. The van der Waals surface area contributed by atoms with E-state index in [4.69, 9.17) is 9.47 Å². The maximum atomic E-state index is 11.8. The van der Waals surface area contributed by atoms with E-state index in [1.54, 1.807) is 0 Å². The van der Waals surface area contributed by atoms with Gasteiger partial charge >= 0.3 is 5.97 Å². The molecule has 1 saturated carbocycles. The lowest BCUT2D eigenvalue weighted by Crippen LogP contribution is -2.54. The molecule has 1 saturated heterocycles. The zero-order valence-electron chi connectivity index (χ0n) is 12.5. The average Bonchev–Trinajstić information content (AvgIpc) is 2.52. The Labute approximate surface area is 125 Å². The van der Waals surface area contributed by atoms with E-state index in [0.29, 0.717) is 17.9 Å². The second-order valence-corrected chi connectivity index (χ2v) is 6.14. The zero-order valence-corrected chi connectivity index (χ0v) is 12.5. The molecule has 4 atom stereocenters. The highest BCUT2D eigenvalue weighted by Gasteiger charge is 2.43. The SMILES string of the molecule is COC(=O)C1C[C@H]2COC[C@@H](C1)C2NCc1ccccc1. The molecule has 1 heterocycles. The van der Waals surface area contributed by atoms with Crippen LogP contribution >= 0.6 is 0 Å². The lowest BCUT2D eigenvalue weighted by atomic mass is 9.70. The fourth-order valence-corrected chi connectivity index (χ4v) is 3.74. The van der Waals surface area contributed by atoms with Crippen molar-refractivity contribution in [2.24, 2.45) is 17.8 Å². The molecule has 0 amide bonds. The predicted molar refractivity (Wildman–Crippen MR) is 79.6 cm³/mol. The van der Waals surface area contributed by atoms with Gasteiger partial charge in [0, 0.05) is 12.6 Å². The van der Waals surface area contributed by atoms with Gasteiger partial charge in [-0.1, -0.05) is 30.3 Å². The summed E-state index contributed by atoms with van der Waals surface area (Å²) in [7, 11) is 1.48. The van der Waals surface area contributed by atoms with Crippen molar-refractivity contribution < 1.29 is 14.3 Å². The van der Waals surface area contributed by atoms with E-state index in [1.165, 1.54) is 12.7 Å². The van der Waals surface area contributed by atoms with Crippen LogP contribution in [0.1, 0.15) is 18.4 Å². The van der Waals surface area contributed by atoms with Crippen LogP contribution in [0.3, 0.4) is 0 Å². The zero-order chi connectivity index (χ0) is 14.7. The highest BCUT2D eigenvalue weighted by molar-refractivity contribution is 5.72.